The fraction of sp³-hybridized carbons (Fsp3) is 0.389. The first kappa shape index (κ1) is 19.5. The van der Waals surface area contributed by atoms with Gasteiger partial charge in [-0.25, -0.2) is 8.42 Å². The monoisotopic (exact) mass is 456 g/mol. The number of rotatable bonds is 5. The second-order valence-electron chi connectivity index (χ2n) is 6.46. The van der Waals surface area contributed by atoms with Crippen molar-refractivity contribution in [1.29, 1.82) is 0 Å². The number of thiophene rings is 1. The predicted molar refractivity (Wildman–Crippen MR) is 107 cm³/mol. The third kappa shape index (κ3) is 4.54. The van der Waals surface area contributed by atoms with Crippen LogP contribution in [0.4, 0.5) is 0 Å². The van der Waals surface area contributed by atoms with Crippen LogP contribution >= 0.6 is 27.3 Å². The summed E-state index contributed by atoms with van der Waals surface area (Å²) in [5.41, 5.74) is 2.21. The van der Waals surface area contributed by atoms with Gasteiger partial charge < -0.3 is 5.32 Å². The molecule has 2 aromatic rings. The summed E-state index contributed by atoms with van der Waals surface area (Å²) in [5.74, 6) is -0.398. The van der Waals surface area contributed by atoms with Crippen molar-refractivity contribution in [2.75, 3.05) is 13.1 Å². The number of hydrogen-bond donors (Lipinski definition) is 1. The minimum atomic E-state index is -3.54. The minimum Gasteiger partial charge on any atom is -0.352 e. The first-order valence-corrected chi connectivity index (χ1v) is 11.5. The SMILES string of the molecule is Cc1ccc(CNC(=O)[C@@H]2CCCN(S(=O)(=O)c3ccc(Br)s3)C2)cc1. The molecular formula is C18H21BrN2O3S2. The van der Waals surface area contributed by atoms with Crippen LogP contribution in [0.3, 0.4) is 0 Å². The molecule has 1 atom stereocenters. The molecule has 1 aromatic carbocycles. The van der Waals surface area contributed by atoms with Crippen LogP contribution in [-0.4, -0.2) is 31.7 Å². The van der Waals surface area contributed by atoms with Crippen LogP contribution in [0.5, 0.6) is 0 Å². The summed E-state index contributed by atoms with van der Waals surface area (Å²) in [5, 5.41) is 2.94. The Morgan fingerprint density at radius 3 is 2.65 bits per heavy atom. The normalized spacial score (nSPS) is 18.6. The Kier molecular flexibility index (Phi) is 6.17. The molecule has 140 valence electrons. The largest absolute Gasteiger partial charge is 0.352 e. The number of carbonyl (C=O) groups excluding carboxylic acids is 1. The highest BCUT2D eigenvalue weighted by Crippen LogP contribution is 2.30. The van der Waals surface area contributed by atoms with Crippen molar-refractivity contribution >= 4 is 43.2 Å². The van der Waals surface area contributed by atoms with Crippen LogP contribution in [0.2, 0.25) is 0 Å². The zero-order chi connectivity index (χ0) is 18.7. The van der Waals surface area contributed by atoms with E-state index in [4.69, 9.17) is 0 Å². The number of nitrogens with one attached hydrogen (secondary N) is 1. The highest BCUT2D eigenvalue weighted by molar-refractivity contribution is 9.11. The summed E-state index contributed by atoms with van der Waals surface area (Å²) in [6.07, 6.45) is 1.40. The van der Waals surface area contributed by atoms with Gasteiger partial charge in [0.25, 0.3) is 10.0 Å². The van der Waals surface area contributed by atoms with Gasteiger partial charge in [-0.05, 0) is 53.4 Å². The first-order chi connectivity index (χ1) is 12.4. The summed E-state index contributed by atoms with van der Waals surface area (Å²) < 4.78 is 28.1. The highest BCUT2D eigenvalue weighted by atomic mass is 79.9. The molecule has 1 aliphatic heterocycles. The lowest BCUT2D eigenvalue weighted by molar-refractivity contribution is -0.126. The van der Waals surface area contributed by atoms with Gasteiger partial charge in [0.05, 0.1) is 9.70 Å². The molecule has 0 radical (unpaired) electrons. The Labute approximate surface area is 166 Å². The molecule has 1 aromatic heterocycles. The second kappa shape index (κ2) is 8.21. The van der Waals surface area contributed by atoms with Crippen LogP contribution in [0.1, 0.15) is 24.0 Å². The number of nitrogens with zero attached hydrogens (tertiary/aromatic N) is 1. The third-order valence-corrected chi connectivity index (χ3v) is 8.44. The van der Waals surface area contributed by atoms with Crippen molar-refractivity contribution in [2.24, 2.45) is 5.92 Å². The maximum atomic E-state index is 12.8. The molecular weight excluding hydrogens is 436 g/mol. The average Bonchev–Trinajstić information content (AvgIpc) is 3.08. The lowest BCUT2D eigenvalue weighted by Crippen LogP contribution is -2.45. The Hall–Kier alpha value is -1.22. The van der Waals surface area contributed by atoms with E-state index in [0.717, 1.165) is 9.35 Å². The molecule has 0 bridgehead atoms. The quantitative estimate of drug-likeness (QED) is 0.747. The Bertz CT molecular complexity index is 878. The van der Waals surface area contributed by atoms with Gasteiger partial charge in [-0.1, -0.05) is 29.8 Å². The molecule has 1 N–H and O–H groups in total. The smallest absolute Gasteiger partial charge is 0.252 e. The number of aryl methyl sites for hydroxylation is 1. The second-order valence-corrected chi connectivity index (χ2v) is 11.1. The van der Waals surface area contributed by atoms with Gasteiger partial charge in [0.15, 0.2) is 0 Å². The van der Waals surface area contributed by atoms with Gasteiger partial charge in [-0.15, -0.1) is 11.3 Å². The molecule has 1 amide bonds. The molecule has 8 heteroatoms. The van der Waals surface area contributed by atoms with Crippen LogP contribution in [-0.2, 0) is 21.4 Å². The van der Waals surface area contributed by atoms with E-state index in [2.05, 4.69) is 21.2 Å². The van der Waals surface area contributed by atoms with Gasteiger partial charge in [-0.2, -0.15) is 4.31 Å². The number of carbonyl (C=O) groups is 1. The maximum Gasteiger partial charge on any atom is 0.252 e. The van der Waals surface area contributed by atoms with E-state index in [1.807, 2.05) is 31.2 Å². The van der Waals surface area contributed by atoms with E-state index in [1.54, 1.807) is 12.1 Å². The summed E-state index contributed by atoms with van der Waals surface area (Å²) in [4.78, 5) is 12.5. The average molecular weight is 457 g/mol. The van der Waals surface area contributed by atoms with E-state index in [9.17, 15) is 13.2 Å². The molecule has 0 unspecified atom stereocenters. The summed E-state index contributed by atoms with van der Waals surface area (Å²) in [6.45, 7) is 3.17. The van der Waals surface area contributed by atoms with Crippen LogP contribution in [0.15, 0.2) is 44.4 Å². The molecule has 1 saturated heterocycles. The van der Waals surface area contributed by atoms with Gasteiger partial charge in [0.2, 0.25) is 5.91 Å². The minimum absolute atomic E-state index is 0.0853. The number of sulfonamides is 1. The topological polar surface area (TPSA) is 66.5 Å². The standard InChI is InChI=1S/C18H21BrN2O3S2/c1-13-4-6-14(7-5-13)11-20-18(22)15-3-2-10-21(12-15)26(23,24)17-9-8-16(19)25-17/h4-9,15H,2-3,10-12H2,1H3,(H,20,22)/t15-/m1/s1. The van der Waals surface area contributed by atoms with Gasteiger partial charge in [0.1, 0.15) is 4.21 Å². The van der Waals surface area contributed by atoms with Crippen molar-refractivity contribution in [2.45, 2.75) is 30.5 Å². The lowest BCUT2D eigenvalue weighted by Gasteiger charge is -2.30. The molecule has 1 fully saturated rings. The van der Waals surface area contributed by atoms with Crippen LogP contribution in [0, 0.1) is 12.8 Å². The third-order valence-electron chi connectivity index (χ3n) is 4.48. The van der Waals surface area contributed by atoms with Crippen molar-refractivity contribution in [1.82, 2.24) is 9.62 Å². The van der Waals surface area contributed by atoms with E-state index >= 15 is 0 Å². The van der Waals surface area contributed by atoms with E-state index < -0.39 is 10.0 Å². The van der Waals surface area contributed by atoms with Crippen LogP contribution < -0.4 is 5.32 Å². The fourth-order valence-corrected chi connectivity index (χ4v) is 6.67. The van der Waals surface area contributed by atoms with Crippen molar-refractivity contribution < 1.29 is 13.2 Å². The molecule has 2 heterocycles. The Morgan fingerprint density at radius 1 is 1.27 bits per heavy atom. The van der Waals surface area contributed by atoms with Crippen molar-refractivity contribution in [3.8, 4) is 0 Å². The number of hydrogen-bond acceptors (Lipinski definition) is 4. The lowest BCUT2D eigenvalue weighted by atomic mass is 9.98. The summed E-state index contributed by atoms with van der Waals surface area (Å²) in [6, 6.07) is 11.3. The number of piperidine rings is 1. The molecule has 26 heavy (non-hydrogen) atoms. The van der Waals surface area contributed by atoms with Crippen molar-refractivity contribution in [3.63, 3.8) is 0 Å². The summed E-state index contributed by atoms with van der Waals surface area (Å²) >= 11 is 4.50. The maximum absolute atomic E-state index is 12.8. The van der Waals surface area contributed by atoms with Crippen molar-refractivity contribution in [3.05, 3.63) is 51.3 Å². The number of benzene rings is 1. The highest BCUT2D eigenvalue weighted by Gasteiger charge is 2.33. The molecule has 0 saturated carbocycles. The van der Waals surface area contributed by atoms with E-state index in [1.165, 1.54) is 21.2 Å². The first-order valence-electron chi connectivity index (χ1n) is 8.45. The molecule has 0 spiro atoms. The fourth-order valence-electron chi connectivity index (χ4n) is 2.98. The van der Waals surface area contributed by atoms with Crippen LogP contribution in [0.25, 0.3) is 0 Å². The van der Waals surface area contributed by atoms with Gasteiger partial charge >= 0.3 is 0 Å². The molecule has 3 rings (SSSR count). The van der Waals surface area contributed by atoms with Gasteiger partial charge in [0, 0.05) is 19.6 Å². The molecule has 1 aliphatic rings. The van der Waals surface area contributed by atoms with E-state index in [-0.39, 0.29) is 18.4 Å². The Morgan fingerprint density at radius 2 is 2.00 bits per heavy atom. The zero-order valence-electron chi connectivity index (χ0n) is 14.4. The number of amides is 1. The predicted octanol–water partition coefficient (Wildman–Crippen LogP) is 3.54. The number of halogens is 1. The zero-order valence-corrected chi connectivity index (χ0v) is 17.7. The van der Waals surface area contributed by atoms with E-state index in [0.29, 0.717) is 30.1 Å². The molecule has 5 nitrogen and oxygen atoms in total. The molecule has 0 aliphatic carbocycles. The summed E-state index contributed by atoms with van der Waals surface area (Å²) in [7, 11) is -3.54. The Balaban J connectivity index is 1.62. The van der Waals surface area contributed by atoms with Gasteiger partial charge in [-0.3, -0.25) is 4.79 Å².